The molecule has 0 spiro atoms. The third kappa shape index (κ3) is 54.1. The van der Waals surface area contributed by atoms with E-state index < -0.39 is 36.9 Å². The van der Waals surface area contributed by atoms with Crippen molar-refractivity contribution in [3.05, 3.63) is 0 Å². The van der Waals surface area contributed by atoms with Crippen LogP contribution < -0.4 is 5.32 Å². The molecule has 0 aliphatic carbocycles. The molecular weight excluding hydrogens is 887 g/mol. The fourth-order valence-electron chi connectivity index (χ4n) is 11.1. The maximum absolute atomic E-state index is 12.6. The number of unbranched alkanes of at least 4 members (excludes halogenated alkanes) is 54. The van der Waals surface area contributed by atoms with Crippen molar-refractivity contribution in [1.82, 2.24) is 5.32 Å². The Morgan fingerprint density at radius 3 is 0.667 bits per heavy atom. The predicted molar refractivity (Wildman–Crippen MR) is 316 cm³/mol. The highest BCUT2D eigenvalue weighted by Gasteiger charge is 2.28. The zero-order valence-corrected chi connectivity index (χ0v) is 49.2. The summed E-state index contributed by atoms with van der Waals surface area (Å²) in [5.41, 5.74) is 0. The van der Waals surface area contributed by atoms with Crippen LogP contribution in [0.5, 0.6) is 0 Å². The molecule has 6 heteroatoms. The second-order valence-electron chi connectivity index (χ2n) is 23.5. The number of carbonyl (C=O) groups is 1. The molecule has 0 heterocycles. The van der Waals surface area contributed by atoms with E-state index in [2.05, 4.69) is 19.2 Å². The molecule has 0 bridgehead atoms. The van der Waals surface area contributed by atoms with Crippen LogP contribution in [-0.4, -0.2) is 57.3 Å². The summed E-state index contributed by atoms with van der Waals surface area (Å²) in [6.45, 7) is 4.11. The quantitative estimate of drug-likeness (QED) is 0.0390. The summed E-state index contributed by atoms with van der Waals surface area (Å²) < 4.78 is 0. The molecule has 4 unspecified atom stereocenters. The number of carbonyl (C=O) groups excluding carboxylic acids is 1. The smallest absolute Gasteiger partial charge is 0.249 e. The van der Waals surface area contributed by atoms with E-state index in [0.717, 1.165) is 38.5 Å². The van der Waals surface area contributed by atoms with Gasteiger partial charge < -0.3 is 25.7 Å². The van der Waals surface area contributed by atoms with Crippen LogP contribution in [-0.2, 0) is 4.79 Å². The van der Waals surface area contributed by atoms with Crippen LogP contribution in [0.15, 0.2) is 0 Å². The second kappa shape index (κ2) is 61.2. The minimum Gasteiger partial charge on any atom is -0.394 e. The molecule has 0 aromatic carbocycles. The first kappa shape index (κ1) is 71.3. The van der Waals surface area contributed by atoms with Crippen molar-refractivity contribution in [2.75, 3.05) is 6.61 Å². The van der Waals surface area contributed by atoms with Crippen molar-refractivity contribution < 1.29 is 25.2 Å². The molecule has 0 aliphatic heterocycles. The standard InChI is InChI=1S/C66H133NO5/c1-3-5-7-9-11-13-15-17-19-21-23-25-26-27-28-29-30-31-32-33-34-35-36-37-38-39-40-42-44-46-48-50-52-54-56-58-60-64(70)66(72)67-62(61-68)65(71)63(69)59-57-55-53-51-49-47-45-43-41-24-22-20-18-16-14-12-10-8-6-4-2/h62-65,68-71H,3-61H2,1-2H3,(H,67,72). The largest absolute Gasteiger partial charge is 0.394 e. The number of aliphatic hydroxyl groups excluding tert-OH is 4. The highest BCUT2D eigenvalue weighted by molar-refractivity contribution is 5.80. The molecular formula is C66H133NO5. The van der Waals surface area contributed by atoms with Crippen LogP contribution in [0.4, 0.5) is 0 Å². The van der Waals surface area contributed by atoms with Gasteiger partial charge in [-0.2, -0.15) is 0 Å². The van der Waals surface area contributed by atoms with E-state index in [1.54, 1.807) is 0 Å². The average molecular weight is 1020 g/mol. The maximum Gasteiger partial charge on any atom is 0.249 e. The van der Waals surface area contributed by atoms with E-state index in [9.17, 15) is 25.2 Å². The highest BCUT2D eigenvalue weighted by Crippen LogP contribution is 2.20. The Balaban J connectivity index is 3.48. The Hall–Kier alpha value is -0.690. The summed E-state index contributed by atoms with van der Waals surface area (Å²) in [5, 5.41) is 44.2. The van der Waals surface area contributed by atoms with Crippen molar-refractivity contribution in [3.63, 3.8) is 0 Å². The molecule has 0 rings (SSSR count). The van der Waals surface area contributed by atoms with E-state index in [0.29, 0.717) is 12.8 Å². The number of amides is 1. The molecule has 0 aromatic rings. The molecule has 0 radical (unpaired) electrons. The Bertz CT molecular complexity index is 1010. The van der Waals surface area contributed by atoms with Gasteiger partial charge in [0.2, 0.25) is 5.91 Å². The van der Waals surface area contributed by atoms with Gasteiger partial charge in [-0.1, -0.05) is 373 Å². The molecule has 0 fully saturated rings. The predicted octanol–water partition coefficient (Wildman–Crippen LogP) is 20.2. The minimum atomic E-state index is -1.26. The number of hydrogen-bond donors (Lipinski definition) is 5. The van der Waals surface area contributed by atoms with E-state index in [1.807, 2.05) is 0 Å². The Labute approximate surface area is 451 Å². The zero-order chi connectivity index (χ0) is 52.3. The van der Waals surface area contributed by atoms with Crippen molar-refractivity contribution in [2.24, 2.45) is 0 Å². The van der Waals surface area contributed by atoms with Crippen LogP contribution >= 0.6 is 0 Å². The molecule has 6 nitrogen and oxygen atoms in total. The molecule has 0 aromatic heterocycles. The van der Waals surface area contributed by atoms with Gasteiger partial charge in [0.15, 0.2) is 0 Å². The molecule has 4 atom stereocenters. The lowest BCUT2D eigenvalue weighted by atomic mass is 9.99. The van der Waals surface area contributed by atoms with Crippen LogP contribution in [0.2, 0.25) is 0 Å². The van der Waals surface area contributed by atoms with E-state index in [1.165, 1.54) is 321 Å². The lowest BCUT2D eigenvalue weighted by molar-refractivity contribution is -0.132. The summed E-state index contributed by atoms with van der Waals surface area (Å²) in [5.74, 6) is -0.574. The van der Waals surface area contributed by atoms with E-state index in [-0.39, 0.29) is 0 Å². The maximum atomic E-state index is 12.6. The third-order valence-corrected chi connectivity index (χ3v) is 16.3. The molecule has 5 N–H and O–H groups in total. The zero-order valence-electron chi connectivity index (χ0n) is 49.2. The number of hydrogen-bond acceptors (Lipinski definition) is 5. The summed E-state index contributed by atoms with van der Waals surface area (Å²) >= 11 is 0. The van der Waals surface area contributed by atoms with Gasteiger partial charge in [-0.05, 0) is 12.8 Å². The number of rotatable bonds is 63. The molecule has 0 saturated heterocycles. The normalized spacial score (nSPS) is 13.5. The average Bonchev–Trinajstić information content (AvgIpc) is 3.39. The third-order valence-electron chi connectivity index (χ3n) is 16.3. The summed E-state index contributed by atoms with van der Waals surface area (Å²) in [4.78, 5) is 12.6. The van der Waals surface area contributed by atoms with Crippen LogP contribution in [0.25, 0.3) is 0 Å². The summed E-state index contributed by atoms with van der Waals surface area (Å²) in [6.07, 6.45) is 73.7. The van der Waals surface area contributed by atoms with Gasteiger partial charge in [-0.15, -0.1) is 0 Å². The molecule has 1 amide bonds. The van der Waals surface area contributed by atoms with Gasteiger partial charge in [0.1, 0.15) is 12.2 Å². The van der Waals surface area contributed by atoms with Crippen LogP contribution in [0.1, 0.15) is 386 Å². The molecule has 0 saturated carbocycles. The fraction of sp³-hybridized carbons (Fsp3) is 0.985. The van der Waals surface area contributed by atoms with Crippen molar-refractivity contribution in [1.29, 1.82) is 0 Å². The fourth-order valence-corrected chi connectivity index (χ4v) is 11.1. The Kier molecular flexibility index (Phi) is 60.6. The lowest BCUT2D eigenvalue weighted by Crippen LogP contribution is -2.53. The number of nitrogens with one attached hydrogen (secondary N) is 1. The lowest BCUT2D eigenvalue weighted by Gasteiger charge is -2.27. The highest BCUT2D eigenvalue weighted by atomic mass is 16.3. The van der Waals surface area contributed by atoms with Gasteiger partial charge >= 0.3 is 0 Å². The van der Waals surface area contributed by atoms with Gasteiger partial charge in [0, 0.05) is 0 Å². The minimum absolute atomic E-state index is 0.377. The van der Waals surface area contributed by atoms with Crippen LogP contribution in [0.3, 0.4) is 0 Å². The Morgan fingerprint density at radius 1 is 0.292 bits per heavy atom. The van der Waals surface area contributed by atoms with Gasteiger partial charge in [0.25, 0.3) is 0 Å². The van der Waals surface area contributed by atoms with Crippen molar-refractivity contribution >= 4 is 5.91 Å². The van der Waals surface area contributed by atoms with Crippen LogP contribution in [0, 0.1) is 0 Å². The van der Waals surface area contributed by atoms with E-state index >= 15 is 0 Å². The second-order valence-corrected chi connectivity index (χ2v) is 23.5. The first-order valence-corrected chi connectivity index (χ1v) is 33.4. The van der Waals surface area contributed by atoms with Crippen molar-refractivity contribution in [2.45, 2.75) is 411 Å². The summed E-state index contributed by atoms with van der Waals surface area (Å²) in [6, 6.07) is -0.981. The van der Waals surface area contributed by atoms with E-state index in [4.69, 9.17) is 0 Å². The van der Waals surface area contributed by atoms with Gasteiger partial charge in [-0.3, -0.25) is 4.79 Å². The SMILES string of the molecule is CCCCCCCCCCCCCCCCCCCCCCCCCCCCCCCCCCCCCCC(O)C(=O)NC(CO)C(O)C(O)CCCCCCCCCCCCCCCCCCCCCC. The first-order chi connectivity index (χ1) is 35.5. The molecule has 0 aliphatic rings. The van der Waals surface area contributed by atoms with Gasteiger partial charge in [-0.25, -0.2) is 0 Å². The topological polar surface area (TPSA) is 110 Å². The first-order valence-electron chi connectivity index (χ1n) is 33.4. The van der Waals surface area contributed by atoms with Crippen molar-refractivity contribution in [3.8, 4) is 0 Å². The monoisotopic (exact) mass is 1020 g/mol. The summed E-state index contributed by atoms with van der Waals surface area (Å²) in [7, 11) is 0. The molecule has 72 heavy (non-hydrogen) atoms. The molecule has 432 valence electrons. The Morgan fingerprint density at radius 2 is 0.472 bits per heavy atom. The van der Waals surface area contributed by atoms with Gasteiger partial charge in [0.05, 0.1) is 18.8 Å². The number of aliphatic hydroxyl groups is 4.